The lowest BCUT2D eigenvalue weighted by atomic mass is 9.95. The fourth-order valence-electron chi connectivity index (χ4n) is 2.72. The van der Waals surface area contributed by atoms with Gasteiger partial charge in [-0.15, -0.1) is 12.4 Å². The maximum absolute atomic E-state index is 12.7. The van der Waals surface area contributed by atoms with Gasteiger partial charge in [0.25, 0.3) is 0 Å². The number of hydrogen-bond donors (Lipinski definition) is 2. The Hall–Kier alpha value is -1.11. The number of aryl methyl sites for hydroxylation is 1. The number of rotatable bonds is 3. The Morgan fingerprint density at radius 3 is 2.36 bits per heavy atom. The molecule has 0 bridgehead atoms. The first-order valence-electron chi connectivity index (χ1n) is 7.06. The van der Waals surface area contributed by atoms with Crippen molar-refractivity contribution in [1.29, 1.82) is 0 Å². The minimum Gasteiger partial charge on any atom is -0.324 e. The first kappa shape index (κ1) is 18.9. The second-order valence-electron chi connectivity index (χ2n) is 5.72. The third kappa shape index (κ3) is 3.45. The quantitative estimate of drug-likeness (QED) is 0.875. The van der Waals surface area contributed by atoms with Crippen LogP contribution < -0.4 is 10.6 Å². The lowest BCUT2D eigenvalue weighted by Crippen LogP contribution is -2.55. The SMILES string of the molecule is Cc1cccc(NC(=O)C2(S(C)(=O)=O)CCNCC2)c1C.Cl. The van der Waals surface area contributed by atoms with Crippen molar-refractivity contribution in [3.8, 4) is 0 Å². The Kier molecular flexibility index (Phi) is 6.01. The van der Waals surface area contributed by atoms with Gasteiger partial charge in [0.2, 0.25) is 5.91 Å². The van der Waals surface area contributed by atoms with E-state index in [0.717, 1.165) is 17.4 Å². The Morgan fingerprint density at radius 2 is 1.82 bits per heavy atom. The molecule has 0 spiro atoms. The highest BCUT2D eigenvalue weighted by Crippen LogP contribution is 2.30. The van der Waals surface area contributed by atoms with Gasteiger partial charge in [-0.05, 0) is 57.0 Å². The molecule has 1 amide bonds. The van der Waals surface area contributed by atoms with Crippen LogP contribution in [0.3, 0.4) is 0 Å². The highest BCUT2D eigenvalue weighted by molar-refractivity contribution is 7.92. The van der Waals surface area contributed by atoms with E-state index in [0.29, 0.717) is 31.6 Å². The third-order valence-corrected chi connectivity index (χ3v) is 6.40. The second kappa shape index (κ2) is 6.98. The molecular weight excluding hydrogens is 324 g/mol. The fraction of sp³-hybridized carbons (Fsp3) is 0.533. The lowest BCUT2D eigenvalue weighted by Gasteiger charge is -2.34. The van der Waals surface area contributed by atoms with Crippen LogP contribution >= 0.6 is 12.4 Å². The number of carbonyl (C=O) groups is 1. The van der Waals surface area contributed by atoms with Crippen molar-refractivity contribution in [2.45, 2.75) is 31.4 Å². The number of halogens is 1. The van der Waals surface area contributed by atoms with E-state index in [1.165, 1.54) is 0 Å². The molecule has 1 aromatic rings. The average molecular weight is 347 g/mol. The zero-order valence-corrected chi connectivity index (χ0v) is 14.7. The molecule has 1 fully saturated rings. The number of benzene rings is 1. The van der Waals surface area contributed by atoms with Gasteiger partial charge in [0.1, 0.15) is 0 Å². The van der Waals surface area contributed by atoms with E-state index < -0.39 is 20.5 Å². The molecular formula is C15H23ClN2O3S. The van der Waals surface area contributed by atoms with Gasteiger partial charge in [-0.2, -0.15) is 0 Å². The first-order chi connectivity index (χ1) is 9.78. The monoisotopic (exact) mass is 346 g/mol. The number of sulfone groups is 1. The van der Waals surface area contributed by atoms with Crippen molar-refractivity contribution < 1.29 is 13.2 Å². The highest BCUT2D eigenvalue weighted by atomic mass is 35.5. The van der Waals surface area contributed by atoms with E-state index in [2.05, 4.69) is 10.6 Å². The van der Waals surface area contributed by atoms with Crippen LogP contribution in [0, 0.1) is 13.8 Å². The molecule has 1 heterocycles. The normalized spacial score (nSPS) is 17.4. The summed E-state index contributed by atoms with van der Waals surface area (Å²) in [5.74, 6) is -0.416. The summed E-state index contributed by atoms with van der Waals surface area (Å²) in [6.45, 7) is 4.95. The van der Waals surface area contributed by atoms with E-state index in [1.54, 1.807) is 6.07 Å². The molecule has 22 heavy (non-hydrogen) atoms. The number of nitrogens with one attached hydrogen (secondary N) is 2. The van der Waals surface area contributed by atoms with Crippen molar-refractivity contribution in [2.24, 2.45) is 0 Å². The predicted octanol–water partition coefficient (Wildman–Crippen LogP) is 1.83. The molecule has 2 N–H and O–H groups in total. The maximum atomic E-state index is 12.7. The Bertz CT molecular complexity index is 653. The summed E-state index contributed by atoms with van der Waals surface area (Å²) in [7, 11) is -3.48. The molecule has 1 aliphatic heterocycles. The first-order valence-corrected chi connectivity index (χ1v) is 8.95. The van der Waals surface area contributed by atoms with Gasteiger partial charge < -0.3 is 10.6 Å². The summed E-state index contributed by atoms with van der Waals surface area (Å²) in [6, 6.07) is 5.62. The summed E-state index contributed by atoms with van der Waals surface area (Å²) in [5, 5.41) is 5.93. The smallest absolute Gasteiger partial charge is 0.245 e. The summed E-state index contributed by atoms with van der Waals surface area (Å²) in [4.78, 5) is 12.7. The Labute approximate surface area is 138 Å². The second-order valence-corrected chi connectivity index (χ2v) is 8.04. The molecule has 7 heteroatoms. The predicted molar refractivity (Wildman–Crippen MR) is 91.5 cm³/mol. The largest absolute Gasteiger partial charge is 0.324 e. The zero-order chi connectivity index (χ0) is 15.7. The molecule has 0 saturated carbocycles. The highest BCUT2D eigenvalue weighted by Gasteiger charge is 2.48. The van der Waals surface area contributed by atoms with Crippen molar-refractivity contribution >= 4 is 33.8 Å². The van der Waals surface area contributed by atoms with Crippen molar-refractivity contribution in [3.63, 3.8) is 0 Å². The minimum atomic E-state index is -3.48. The van der Waals surface area contributed by atoms with Crippen LogP contribution in [-0.4, -0.2) is 38.4 Å². The van der Waals surface area contributed by atoms with E-state index in [1.807, 2.05) is 26.0 Å². The molecule has 0 atom stereocenters. The molecule has 1 aromatic carbocycles. The van der Waals surface area contributed by atoms with E-state index >= 15 is 0 Å². The zero-order valence-electron chi connectivity index (χ0n) is 13.1. The topological polar surface area (TPSA) is 75.3 Å². The molecule has 0 unspecified atom stereocenters. The molecule has 0 aromatic heterocycles. The molecule has 1 aliphatic rings. The molecule has 5 nitrogen and oxygen atoms in total. The average Bonchev–Trinajstić information content (AvgIpc) is 2.43. The summed E-state index contributed by atoms with van der Waals surface area (Å²) in [6.07, 6.45) is 1.77. The third-order valence-electron chi connectivity index (χ3n) is 4.39. The maximum Gasteiger partial charge on any atom is 0.245 e. The number of hydrogen-bond acceptors (Lipinski definition) is 4. The van der Waals surface area contributed by atoms with Gasteiger partial charge in [-0.1, -0.05) is 12.1 Å². The van der Waals surface area contributed by atoms with Crippen LogP contribution in [0.2, 0.25) is 0 Å². The van der Waals surface area contributed by atoms with Crippen molar-refractivity contribution in [1.82, 2.24) is 5.32 Å². The van der Waals surface area contributed by atoms with Gasteiger partial charge in [0.05, 0.1) is 0 Å². The van der Waals surface area contributed by atoms with Crippen LogP contribution in [-0.2, 0) is 14.6 Å². The van der Waals surface area contributed by atoms with Gasteiger partial charge in [0, 0.05) is 11.9 Å². The molecule has 2 rings (SSSR count). The van der Waals surface area contributed by atoms with Gasteiger partial charge in [-0.25, -0.2) is 8.42 Å². The molecule has 0 aliphatic carbocycles. The lowest BCUT2D eigenvalue weighted by molar-refractivity contribution is -0.119. The van der Waals surface area contributed by atoms with Crippen LogP contribution in [0.5, 0.6) is 0 Å². The van der Waals surface area contributed by atoms with Gasteiger partial charge in [-0.3, -0.25) is 4.79 Å². The van der Waals surface area contributed by atoms with E-state index in [9.17, 15) is 13.2 Å². The number of piperidine rings is 1. The van der Waals surface area contributed by atoms with Crippen molar-refractivity contribution in [2.75, 3.05) is 24.7 Å². The standard InChI is InChI=1S/C15H22N2O3S.ClH/c1-11-5-4-6-13(12(11)2)17-14(18)15(21(3,19)20)7-9-16-10-8-15;/h4-6,16H,7-10H2,1-3H3,(H,17,18);1H. The minimum absolute atomic E-state index is 0. The Balaban J connectivity index is 0.00000242. The number of anilines is 1. The molecule has 1 saturated heterocycles. The van der Waals surface area contributed by atoms with Crippen LogP contribution in [0.4, 0.5) is 5.69 Å². The van der Waals surface area contributed by atoms with Gasteiger partial charge >= 0.3 is 0 Å². The molecule has 124 valence electrons. The summed E-state index contributed by atoms with van der Waals surface area (Å²) < 4.78 is 23.1. The number of amides is 1. The van der Waals surface area contributed by atoms with E-state index in [-0.39, 0.29) is 12.4 Å². The van der Waals surface area contributed by atoms with Gasteiger partial charge in [0.15, 0.2) is 14.6 Å². The fourth-order valence-corrected chi connectivity index (χ4v) is 4.05. The summed E-state index contributed by atoms with van der Waals surface area (Å²) in [5.41, 5.74) is 2.71. The van der Waals surface area contributed by atoms with Crippen molar-refractivity contribution in [3.05, 3.63) is 29.3 Å². The van der Waals surface area contributed by atoms with Crippen LogP contribution in [0.15, 0.2) is 18.2 Å². The van der Waals surface area contributed by atoms with Crippen LogP contribution in [0.25, 0.3) is 0 Å². The molecule has 0 radical (unpaired) electrons. The Morgan fingerprint density at radius 1 is 1.23 bits per heavy atom. The summed E-state index contributed by atoms with van der Waals surface area (Å²) >= 11 is 0. The van der Waals surface area contributed by atoms with Crippen LogP contribution in [0.1, 0.15) is 24.0 Å². The number of carbonyl (C=O) groups excluding carboxylic acids is 1. The van der Waals surface area contributed by atoms with E-state index in [4.69, 9.17) is 0 Å².